The molecule has 1 atom stereocenters. The van der Waals surface area contributed by atoms with Crippen LogP contribution in [-0.2, 0) is 9.84 Å². The summed E-state index contributed by atoms with van der Waals surface area (Å²) in [4.78, 5) is 10.7. The Labute approximate surface area is 130 Å². The third-order valence-electron chi connectivity index (χ3n) is 3.25. The number of aryl methyl sites for hydroxylation is 1. The van der Waals surface area contributed by atoms with Gasteiger partial charge in [0.1, 0.15) is 22.8 Å². The fourth-order valence-corrected chi connectivity index (χ4v) is 5.07. The van der Waals surface area contributed by atoms with Crippen molar-refractivity contribution in [1.82, 2.24) is 9.97 Å². The average Bonchev–Trinajstić information content (AvgIpc) is 2.43. The van der Waals surface area contributed by atoms with Crippen LogP contribution in [-0.4, -0.2) is 54.6 Å². The van der Waals surface area contributed by atoms with Crippen LogP contribution in [0.2, 0.25) is 0 Å². The molecule has 1 fully saturated rings. The monoisotopic (exact) mass is 330 g/mol. The van der Waals surface area contributed by atoms with Crippen molar-refractivity contribution in [2.75, 3.05) is 41.1 Å². The van der Waals surface area contributed by atoms with E-state index in [0.29, 0.717) is 23.9 Å². The highest BCUT2D eigenvalue weighted by Crippen LogP contribution is 2.26. The van der Waals surface area contributed by atoms with E-state index >= 15 is 0 Å². The molecule has 1 N–H and O–H groups in total. The van der Waals surface area contributed by atoms with Crippen molar-refractivity contribution in [3.8, 4) is 0 Å². The number of nitrogens with zero attached hydrogens (tertiary/aromatic N) is 3. The Bertz CT molecular complexity index is 592. The highest BCUT2D eigenvalue weighted by atomic mass is 32.2. The third kappa shape index (κ3) is 4.23. The van der Waals surface area contributed by atoms with Crippen molar-refractivity contribution >= 4 is 33.2 Å². The van der Waals surface area contributed by atoms with E-state index < -0.39 is 15.2 Å². The largest absolute Gasteiger partial charge is 0.370 e. The second kappa shape index (κ2) is 6.83. The predicted molar refractivity (Wildman–Crippen MR) is 88.9 cm³/mol. The number of hydrogen-bond donors (Lipinski definition) is 1. The van der Waals surface area contributed by atoms with Gasteiger partial charge in [-0.05, 0) is 13.3 Å². The van der Waals surface area contributed by atoms with Gasteiger partial charge >= 0.3 is 0 Å². The molecule has 0 aliphatic carbocycles. The number of sulfone groups is 1. The van der Waals surface area contributed by atoms with Crippen molar-refractivity contribution in [3.05, 3.63) is 11.9 Å². The lowest BCUT2D eigenvalue weighted by Gasteiger charge is -2.35. The molecule has 1 aromatic heterocycles. The molecule has 1 unspecified atom stereocenters. The van der Waals surface area contributed by atoms with Crippen LogP contribution in [0.1, 0.15) is 19.2 Å². The minimum atomic E-state index is -3.14. The summed E-state index contributed by atoms with van der Waals surface area (Å²) >= 11 is 1.67. The van der Waals surface area contributed by atoms with E-state index in [1.54, 1.807) is 11.8 Å². The number of aromatic nitrogens is 2. The molecule has 1 aliphatic heterocycles. The molecule has 0 aromatic carbocycles. The van der Waals surface area contributed by atoms with Crippen LogP contribution >= 0.6 is 11.8 Å². The SMILES string of the molecule is CCCNc1cc(N2CCSCC2S(C)(=O)=O)nc(C)n1. The Kier molecular flexibility index (Phi) is 5.32. The zero-order valence-electron chi connectivity index (χ0n) is 12.7. The highest BCUT2D eigenvalue weighted by Gasteiger charge is 2.32. The maximum absolute atomic E-state index is 12.0. The summed E-state index contributed by atoms with van der Waals surface area (Å²) in [5, 5.41) is 2.73. The number of nitrogens with one attached hydrogen (secondary N) is 1. The van der Waals surface area contributed by atoms with Crippen LogP contribution in [0.3, 0.4) is 0 Å². The van der Waals surface area contributed by atoms with Gasteiger partial charge in [0.05, 0.1) is 0 Å². The topological polar surface area (TPSA) is 75.2 Å². The van der Waals surface area contributed by atoms with Gasteiger partial charge in [0.25, 0.3) is 0 Å². The van der Waals surface area contributed by atoms with E-state index in [-0.39, 0.29) is 0 Å². The lowest BCUT2D eigenvalue weighted by molar-refractivity contribution is 0.583. The molecule has 118 valence electrons. The highest BCUT2D eigenvalue weighted by molar-refractivity contribution is 8.01. The molecule has 21 heavy (non-hydrogen) atoms. The Morgan fingerprint density at radius 1 is 1.48 bits per heavy atom. The summed E-state index contributed by atoms with van der Waals surface area (Å²) in [5.41, 5.74) is 0. The lowest BCUT2D eigenvalue weighted by atomic mass is 10.4. The lowest BCUT2D eigenvalue weighted by Crippen LogP contribution is -2.47. The first-order valence-corrected chi connectivity index (χ1v) is 10.2. The Hall–Kier alpha value is -1.02. The molecular weight excluding hydrogens is 308 g/mol. The predicted octanol–water partition coefficient (Wildman–Crippen LogP) is 1.53. The molecular formula is C13H22N4O2S2. The van der Waals surface area contributed by atoms with Gasteiger partial charge in [-0.25, -0.2) is 18.4 Å². The fraction of sp³-hybridized carbons (Fsp3) is 0.692. The summed E-state index contributed by atoms with van der Waals surface area (Å²) < 4.78 is 24.0. The molecule has 2 heterocycles. The normalized spacial score (nSPS) is 19.6. The number of thioether (sulfide) groups is 1. The maximum Gasteiger partial charge on any atom is 0.169 e. The summed E-state index contributed by atoms with van der Waals surface area (Å²) in [6.45, 7) is 5.44. The average molecular weight is 330 g/mol. The molecule has 6 nitrogen and oxygen atoms in total. The fourth-order valence-electron chi connectivity index (χ4n) is 2.24. The quantitative estimate of drug-likeness (QED) is 0.877. The minimum Gasteiger partial charge on any atom is -0.370 e. The summed E-state index contributed by atoms with van der Waals surface area (Å²) in [7, 11) is -3.14. The Morgan fingerprint density at radius 3 is 2.90 bits per heavy atom. The zero-order chi connectivity index (χ0) is 15.5. The van der Waals surface area contributed by atoms with E-state index in [2.05, 4.69) is 22.2 Å². The second-order valence-electron chi connectivity index (χ2n) is 5.14. The maximum atomic E-state index is 12.0. The van der Waals surface area contributed by atoms with E-state index in [4.69, 9.17) is 0 Å². The van der Waals surface area contributed by atoms with Crippen LogP contribution < -0.4 is 10.2 Å². The van der Waals surface area contributed by atoms with E-state index in [1.165, 1.54) is 6.26 Å². The van der Waals surface area contributed by atoms with Gasteiger partial charge in [0, 0.05) is 36.9 Å². The van der Waals surface area contributed by atoms with Crippen molar-refractivity contribution < 1.29 is 8.42 Å². The van der Waals surface area contributed by atoms with Gasteiger partial charge in [-0.15, -0.1) is 0 Å². The van der Waals surface area contributed by atoms with Crippen LogP contribution in [0.25, 0.3) is 0 Å². The standard InChI is InChI=1S/C13H22N4O2S2/c1-4-5-14-11-8-12(16-10(2)15-11)17-6-7-20-9-13(17)21(3,18)19/h8,13H,4-7,9H2,1-3H3,(H,14,15,16). The summed E-state index contributed by atoms with van der Waals surface area (Å²) in [5.74, 6) is 3.59. The van der Waals surface area contributed by atoms with Gasteiger partial charge in [-0.2, -0.15) is 11.8 Å². The van der Waals surface area contributed by atoms with Gasteiger partial charge in [0.15, 0.2) is 9.84 Å². The molecule has 0 saturated carbocycles. The smallest absolute Gasteiger partial charge is 0.169 e. The van der Waals surface area contributed by atoms with Crippen LogP contribution in [0.4, 0.5) is 11.6 Å². The molecule has 1 saturated heterocycles. The van der Waals surface area contributed by atoms with Crippen LogP contribution in [0, 0.1) is 6.92 Å². The first-order valence-electron chi connectivity index (χ1n) is 7.04. The molecule has 1 aliphatic rings. The van der Waals surface area contributed by atoms with Gasteiger partial charge in [-0.1, -0.05) is 6.92 Å². The molecule has 0 spiro atoms. The number of rotatable bonds is 5. The van der Waals surface area contributed by atoms with Gasteiger partial charge in [-0.3, -0.25) is 0 Å². The Balaban J connectivity index is 2.32. The molecule has 8 heteroatoms. The molecule has 0 amide bonds. The molecule has 0 bridgehead atoms. The number of anilines is 2. The van der Waals surface area contributed by atoms with E-state index in [0.717, 1.165) is 24.5 Å². The summed E-state index contributed by atoms with van der Waals surface area (Å²) in [6, 6.07) is 1.84. The first kappa shape index (κ1) is 16.4. The Morgan fingerprint density at radius 2 is 2.24 bits per heavy atom. The molecule has 2 rings (SSSR count). The van der Waals surface area contributed by atoms with Crippen LogP contribution in [0.15, 0.2) is 6.07 Å². The van der Waals surface area contributed by atoms with Crippen molar-refractivity contribution in [2.45, 2.75) is 25.6 Å². The van der Waals surface area contributed by atoms with Crippen molar-refractivity contribution in [1.29, 1.82) is 0 Å². The van der Waals surface area contributed by atoms with Crippen LogP contribution in [0.5, 0.6) is 0 Å². The van der Waals surface area contributed by atoms with E-state index in [1.807, 2.05) is 17.9 Å². The van der Waals surface area contributed by atoms with Crippen molar-refractivity contribution in [2.24, 2.45) is 0 Å². The number of hydrogen-bond acceptors (Lipinski definition) is 7. The minimum absolute atomic E-state index is 0.510. The molecule has 0 radical (unpaired) electrons. The second-order valence-corrected chi connectivity index (χ2v) is 8.49. The van der Waals surface area contributed by atoms with Gasteiger partial charge < -0.3 is 10.2 Å². The summed E-state index contributed by atoms with van der Waals surface area (Å²) in [6.07, 6.45) is 2.30. The zero-order valence-corrected chi connectivity index (χ0v) is 14.3. The molecule has 1 aromatic rings. The third-order valence-corrected chi connectivity index (χ3v) is 5.90. The van der Waals surface area contributed by atoms with Crippen molar-refractivity contribution in [3.63, 3.8) is 0 Å². The van der Waals surface area contributed by atoms with Gasteiger partial charge in [0.2, 0.25) is 0 Å². The van der Waals surface area contributed by atoms with E-state index in [9.17, 15) is 8.42 Å². The first-order chi connectivity index (χ1) is 9.91.